The molecule has 2 aliphatic rings. The molecule has 5 rings (SSSR count). The molecule has 0 unspecified atom stereocenters. The minimum Gasteiger partial charge on any atom is -0.317 e. The Morgan fingerprint density at radius 3 is 3.00 bits per heavy atom. The molecule has 0 bridgehead atoms. The molecule has 1 saturated heterocycles. The number of pyridine rings is 1. The Morgan fingerprint density at radius 1 is 1.24 bits per heavy atom. The maximum absolute atomic E-state index is 4.58. The molecule has 4 heterocycles. The van der Waals surface area contributed by atoms with E-state index in [0.29, 0.717) is 11.5 Å². The minimum atomic E-state index is 0.557. The Kier molecular flexibility index (Phi) is 3.88. The van der Waals surface area contributed by atoms with Crippen LogP contribution in [0.5, 0.6) is 0 Å². The first kappa shape index (κ1) is 15.6. The standard InChI is InChI=1S/C20H24N4S/c1-2-9-24-17(12-22-19(24)3-1)14-23(13-16-4-10-25-15-16)18-11-20(18)5-7-21-8-6-20/h1-4,9-10,12,15,18,21H,5-8,11,13-14H2/t18-/m1/s1. The van der Waals surface area contributed by atoms with Crippen LogP contribution in [0.2, 0.25) is 0 Å². The van der Waals surface area contributed by atoms with E-state index in [2.05, 4.69) is 60.8 Å². The van der Waals surface area contributed by atoms with Gasteiger partial charge in [0.2, 0.25) is 0 Å². The number of imidazole rings is 1. The summed E-state index contributed by atoms with van der Waals surface area (Å²) < 4.78 is 2.23. The van der Waals surface area contributed by atoms with Gasteiger partial charge in [0, 0.05) is 25.3 Å². The zero-order valence-electron chi connectivity index (χ0n) is 14.4. The second-order valence-electron chi connectivity index (χ2n) is 7.55. The Labute approximate surface area is 152 Å². The molecule has 4 nitrogen and oxygen atoms in total. The number of hydrogen-bond donors (Lipinski definition) is 1. The molecule has 1 aliphatic heterocycles. The van der Waals surface area contributed by atoms with Crippen LogP contribution in [0.3, 0.4) is 0 Å². The van der Waals surface area contributed by atoms with Gasteiger partial charge in [0.1, 0.15) is 5.65 Å². The Morgan fingerprint density at radius 2 is 2.16 bits per heavy atom. The van der Waals surface area contributed by atoms with E-state index < -0.39 is 0 Å². The molecule has 130 valence electrons. The van der Waals surface area contributed by atoms with Gasteiger partial charge in [0.25, 0.3) is 0 Å². The van der Waals surface area contributed by atoms with Gasteiger partial charge in [-0.05, 0) is 72.3 Å². The average Bonchev–Trinajstić information content (AvgIpc) is 3.03. The fourth-order valence-corrected chi connectivity index (χ4v) is 5.17. The van der Waals surface area contributed by atoms with Crippen LogP contribution in [0.1, 0.15) is 30.5 Å². The van der Waals surface area contributed by atoms with Crippen molar-refractivity contribution < 1.29 is 0 Å². The smallest absolute Gasteiger partial charge is 0.136 e. The number of aromatic nitrogens is 2. The van der Waals surface area contributed by atoms with Gasteiger partial charge < -0.3 is 9.72 Å². The third-order valence-electron chi connectivity index (χ3n) is 6.01. The lowest BCUT2D eigenvalue weighted by Gasteiger charge is -2.29. The number of nitrogens with zero attached hydrogens (tertiary/aromatic N) is 3. The van der Waals surface area contributed by atoms with E-state index >= 15 is 0 Å². The highest BCUT2D eigenvalue weighted by Gasteiger charge is 2.56. The van der Waals surface area contributed by atoms with Gasteiger partial charge in [-0.25, -0.2) is 4.98 Å². The van der Waals surface area contributed by atoms with E-state index in [-0.39, 0.29) is 0 Å². The van der Waals surface area contributed by atoms with E-state index in [0.717, 1.165) is 18.7 Å². The number of thiophene rings is 1. The van der Waals surface area contributed by atoms with Gasteiger partial charge in [0.05, 0.1) is 11.9 Å². The molecular weight excluding hydrogens is 328 g/mol. The maximum atomic E-state index is 4.58. The predicted octanol–water partition coefficient (Wildman–Crippen LogP) is 3.54. The first-order valence-corrected chi connectivity index (χ1v) is 10.2. The van der Waals surface area contributed by atoms with Gasteiger partial charge in [-0.3, -0.25) is 4.90 Å². The largest absolute Gasteiger partial charge is 0.317 e. The van der Waals surface area contributed by atoms with Gasteiger partial charge in [-0.15, -0.1) is 0 Å². The van der Waals surface area contributed by atoms with E-state index in [1.165, 1.54) is 43.6 Å². The van der Waals surface area contributed by atoms with Crippen molar-refractivity contribution in [1.82, 2.24) is 19.6 Å². The molecule has 1 aliphatic carbocycles. The Hall–Kier alpha value is -1.69. The van der Waals surface area contributed by atoms with E-state index in [4.69, 9.17) is 0 Å². The number of nitrogens with one attached hydrogen (secondary N) is 1. The topological polar surface area (TPSA) is 32.6 Å². The second-order valence-corrected chi connectivity index (χ2v) is 8.33. The predicted molar refractivity (Wildman–Crippen MR) is 102 cm³/mol. The minimum absolute atomic E-state index is 0.557. The fourth-order valence-electron chi connectivity index (χ4n) is 4.51. The van der Waals surface area contributed by atoms with Crippen molar-refractivity contribution in [3.63, 3.8) is 0 Å². The summed E-state index contributed by atoms with van der Waals surface area (Å²) >= 11 is 1.80. The average molecular weight is 353 g/mol. The number of piperidine rings is 1. The van der Waals surface area contributed by atoms with Crippen LogP contribution in [0.25, 0.3) is 5.65 Å². The highest BCUT2D eigenvalue weighted by atomic mass is 32.1. The number of fused-ring (bicyclic) bond motifs is 1. The first-order valence-electron chi connectivity index (χ1n) is 9.21. The molecule has 25 heavy (non-hydrogen) atoms. The summed E-state index contributed by atoms with van der Waals surface area (Å²) in [6, 6.07) is 9.21. The van der Waals surface area contributed by atoms with Crippen LogP contribution in [0.4, 0.5) is 0 Å². The van der Waals surface area contributed by atoms with Crippen LogP contribution >= 0.6 is 11.3 Å². The van der Waals surface area contributed by atoms with E-state index in [1.54, 1.807) is 11.3 Å². The third-order valence-corrected chi connectivity index (χ3v) is 6.74. The first-order chi connectivity index (χ1) is 12.3. The fraction of sp³-hybridized carbons (Fsp3) is 0.450. The summed E-state index contributed by atoms with van der Waals surface area (Å²) in [4.78, 5) is 7.28. The third kappa shape index (κ3) is 2.90. The zero-order valence-corrected chi connectivity index (χ0v) is 15.2. The van der Waals surface area contributed by atoms with Crippen molar-refractivity contribution in [2.45, 2.75) is 38.4 Å². The van der Waals surface area contributed by atoms with Crippen molar-refractivity contribution in [1.29, 1.82) is 0 Å². The normalized spacial score (nSPS) is 22.0. The van der Waals surface area contributed by atoms with Crippen molar-refractivity contribution >= 4 is 17.0 Å². The molecule has 0 aromatic carbocycles. The van der Waals surface area contributed by atoms with Crippen molar-refractivity contribution in [2.24, 2.45) is 5.41 Å². The summed E-state index contributed by atoms with van der Waals surface area (Å²) in [5.74, 6) is 0. The number of hydrogen-bond acceptors (Lipinski definition) is 4. The number of rotatable bonds is 5. The lowest BCUT2D eigenvalue weighted by molar-refractivity contribution is 0.186. The van der Waals surface area contributed by atoms with Crippen LogP contribution in [-0.4, -0.2) is 33.4 Å². The second kappa shape index (κ2) is 6.24. The molecule has 1 spiro atoms. The van der Waals surface area contributed by atoms with Crippen LogP contribution in [-0.2, 0) is 13.1 Å². The van der Waals surface area contributed by atoms with Gasteiger partial charge >= 0.3 is 0 Å². The molecule has 1 N–H and O–H groups in total. The molecular formula is C20H24N4S. The summed E-state index contributed by atoms with van der Waals surface area (Å²) in [5.41, 5.74) is 4.33. The van der Waals surface area contributed by atoms with Gasteiger partial charge in [-0.1, -0.05) is 6.07 Å². The molecule has 5 heteroatoms. The van der Waals surface area contributed by atoms with Crippen LogP contribution in [0, 0.1) is 5.41 Å². The van der Waals surface area contributed by atoms with Crippen molar-refractivity contribution in [3.05, 3.63) is 58.7 Å². The van der Waals surface area contributed by atoms with Gasteiger partial charge in [-0.2, -0.15) is 11.3 Å². The molecule has 3 aromatic rings. The summed E-state index contributed by atoms with van der Waals surface area (Å²) in [7, 11) is 0. The van der Waals surface area contributed by atoms with E-state index in [9.17, 15) is 0 Å². The van der Waals surface area contributed by atoms with Crippen LogP contribution < -0.4 is 5.32 Å². The highest BCUT2D eigenvalue weighted by Crippen LogP contribution is 2.56. The lowest BCUT2D eigenvalue weighted by atomic mass is 9.93. The molecule has 1 saturated carbocycles. The zero-order chi connectivity index (χ0) is 16.7. The SMILES string of the molecule is c1ccn2c(CN(Cc3ccsc3)[C@@H]3CC34CCNCC4)cnc2c1. The quantitative estimate of drug-likeness (QED) is 0.762. The molecule has 2 fully saturated rings. The highest BCUT2D eigenvalue weighted by molar-refractivity contribution is 7.07. The van der Waals surface area contributed by atoms with E-state index in [1.807, 2.05) is 6.20 Å². The summed E-state index contributed by atoms with van der Waals surface area (Å²) in [6.07, 6.45) is 8.19. The van der Waals surface area contributed by atoms with Crippen molar-refractivity contribution in [2.75, 3.05) is 13.1 Å². The Bertz CT molecular complexity index is 848. The van der Waals surface area contributed by atoms with Crippen LogP contribution in [0.15, 0.2) is 47.4 Å². The lowest BCUT2D eigenvalue weighted by Crippen LogP contribution is -2.35. The summed E-state index contributed by atoms with van der Waals surface area (Å²) in [6.45, 7) is 4.38. The summed E-state index contributed by atoms with van der Waals surface area (Å²) in [5, 5.41) is 8.00. The molecule has 1 atom stereocenters. The monoisotopic (exact) mass is 352 g/mol. The Balaban J connectivity index is 1.41. The molecule has 0 amide bonds. The molecule has 3 aromatic heterocycles. The molecule has 0 radical (unpaired) electrons. The van der Waals surface area contributed by atoms with Gasteiger partial charge in [0.15, 0.2) is 0 Å². The maximum Gasteiger partial charge on any atom is 0.136 e. The van der Waals surface area contributed by atoms with Crippen molar-refractivity contribution in [3.8, 4) is 0 Å².